The summed E-state index contributed by atoms with van der Waals surface area (Å²) in [4.78, 5) is 28.1. The quantitative estimate of drug-likeness (QED) is 0.360. The van der Waals surface area contributed by atoms with Gasteiger partial charge in [-0.1, -0.05) is 43.3 Å². The van der Waals surface area contributed by atoms with E-state index in [0.29, 0.717) is 18.5 Å². The monoisotopic (exact) mass is 555 g/mol. The first-order valence-corrected chi connectivity index (χ1v) is 14.1. The number of ether oxygens (including phenoxy) is 1. The van der Waals surface area contributed by atoms with E-state index in [2.05, 4.69) is 5.32 Å². The fraction of sp³-hybridized carbons (Fsp3) is 0.310. The third-order valence-corrected chi connectivity index (χ3v) is 7.97. The predicted octanol–water partition coefficient (Wildman–Crippen LogP) is 4.28. The molecule has 10 heteroatoms. The summed E-state index contributed by atoms with van der Waals surface area (Å²) >= 11 is 0. The van der Waals surface area contributed by atoms with Gasteiger partial charge in [0.15, 0.2) is 0 Å². The largest absolute Gasteiger partial charge is 0.495 e. The lowest BCUT2D eigenvalue weighted by Crippen LogP contribution is -2.51. The topological polar surface area (TPSA) is 96.0 Å². The lowest BCUT2D eigenvalue weighted by molar-refractivity contribution is -0.139. The van der Waals surface area contributed by atoms with Crippen LogP contribution in [0.1, 0.15) is 31.4 Å². The van der Waals surface area contributed by atoms with Gasteiger partial charge in [-0.2, -0.15) is 0 Å². The zero-order chi connectivity index (χ0) is 28.6. The Bertz CT molecular complexity index is 1380. The van der Waals surface area contributed by atoms with Crippen molar-refractivity contribution in [2.24, 2.45) is 0 Å². The van der Waals surface area contributed by atoms with Crippen molar-refractivity contribution in [2.45, 2.75) is 44.7 Å². The highest BCUT2D eigenvalue weighted by atomic mass is 32.2. The number of amides is 2. The fourth-order valence-corrected chi connectivity index (χ4v) is 5.43. The van der Waals surface area contributed by atoms with Crippen molar-refractivity contribution < 1.29 is 27.1 Å². The SMILES string of the molecule is CCCNC(=O)[C@H](C)N(Cc1ccc(F)cc1)C(=O)CN(c1cc(C)ccc1OC)S(=O)(=O)c1ccccc1. The Balaban J connectivity index is 2.07. The molecule has 0 spiro atoms. The first kappa shape index (κ1) is 29.6. The molecule has 0 heterocycles. The zero-order valence-electron chi connectivity index (χ0n) is 22.6. The Morgan fingerprint density at radius 2 is 1.69 bits per heavy atom. The molecule has 2 amide bonds. The van der Waals surface area contributed by atoms with Crippen LogP contribution >= 0.6 is 0 Å². The van der Waals surface area contributed by atoms with Crippen molar-refractivity contribution in [3.8, 4) is 5.75 Å². The molecule has 39 heavy (non-hydrogen) atoms. The van der Waals surface area contributed by atoms with Crippen molar-refractivity contribution in [3.63, 3.8) is 0 Å². The van der Waals surface area contributed by atoms with Crippen LogP contribution in [0.4, 0.5) is 10.1 Å². The molecule has 3 aromatic rings. The van der Waals surface area contributed by atoms with E-state index < -0.39 is 34.3 Å². The van der Waals surface area contributed by atoms with Gasteiger partial charge >= 0.3 is 0 Å². The molecule has 8 nitrogen and oxygen atoms in total. The summed E-state index contributed by atoms with van der Waals surface area (Å²) in [7, 11) is -2.79. The summed E-state index contributed by atoms with van der Waals surface area (Å²) < 4.78 is 47.8. The van der Waals surface area contributed by atoms with E-state index in [4.69, 9.17) is 4.74 Å². The molecule has 208 valence electrons. The molecular weight excluding hydrogens is 521 g/mol. The number of rotatable bonds is 12. The third kappa shape index (κ3) is 7.35. The predicted molar refractivity (Wildman–Crippen MR) is 148 cm³/mol. The highest BCUT2D eigenvalue weighted by Crippen LogP contribution is 2.33. The molecule has 0 bridgehead atoms. The van der Waals surface area contributed by atoms with Gasteiger partial charge in [0.1, 0.15) is 24.2 Å². The molecule has 1 N–H and O–H groups in total. The molecule has 1 atom stereocenters. The maximum atomic E-state index is 13.9. The molecular formula is C29H34FN3O5S. The number of carbonyl (C=O) groups excluding carboxylic acids is 2. The van der Waals surface area contributed by atoms with Gasteiger partial charge in [0.2, 0.25) is 11.8 Å². The lowest BCUT2D eigenvalue weighted by atomic mass is 10.1. The van der Waals surface area contributed by atoms with Crippen LogP contribution in [0.5, 0.6) is 5.75 Å². The molecule has 0 radical (unpaired) electrons. The normalized spacial score (nSPS) is 11.9. The Morgan fingerprint density at radius 3 is 2.31 bits per heavy atom. The third-order valence-electron chi connectivity index (χ3n) is 6.20. The van der Waals surface area contributed by atoms with Gasteiger partial charge in [0.25, 0.3) is 10.0 Å². The lowest BCUT2D eigenvalue weighted by Gasteiger charge is -2.32. The van der Waals surface area contributed by atoms with Crippen LogP contribution in [0.2, 0.25) is 0 Å². The van der Waals surface area contributed by atoms with Crippen LogP contribution in [0.3, 0.4) is 0 Å². The van der Waals surface area contributed by atoms with Crippen molar-refractivity contribution in [1.29, 1.82) is 0 Å². The second-order valence-electron chi connectivity index (χ2n) is 9.12. The van der Waals surface area contributed by atoms with Crippen molar-refractivity contribution in [2.75, 3.05) is 24.5 Å². The number of anilines is 1. The molecule has 0 aromatic heterocycles. The van der Waals surface area contributed by atoms with E-state index in [1.54, 1.807) is 50.2 Å². The minimum atomic E-state index is -4.21. The molecule has 0 saturated carbocycles. The summed E-state index contributed by atoms with van der Waals surface area (Å²) in [5.41, 5.74) is 1.55. The minimum absolute atomic E-state index is 0.000168. The van der Waals surface area contributed by atoms with Crippen LogP contribution in [-0.2, 0) is 26.2 Å². The van der Waals surface area contributed by atoms with Crippen molar-refractivity contribution >= 4 is 27.5 Å². The number of benzene rings is 3. The molecule has 0 saturated heterocycles. The van der Waals surface area contributed by atoms with E-state index in [9.17, 15) is 22.4 Å². The molecule has 0 aliphatic carbocycles. The molecule has 0 unspecified atom stereocenters. The summed E-state index contributed by atoms with van der Waals surface area (Å²) in [5, 5.41) is 2.78. The van der Waals surface area contributed by atoms with Gasteiger partial charge in [-0.25, -0.2) is 12.8 Å². The number of aryl methyl sites for hydroxylation is 1. The first-order valence-electron chi connectivity index (χ1n) is 12.6. The minimum Gasteiger partial charge on any atom is -0.495 e. The number of carbonyl (C=O) groups is 2. The highest BCUT2D eigenvalue weighted by Gasteiger charge is 2.33. The second-order valence-corrected chi connectivity index (χ2v) is 11.0. The molecule has 3 rings (SSSR count). The maximum Gasteiger partial charge on any atom is 0.264 e. The smallest absolute Gasteiger partial charge is 0.264 e. The van der Waals surface area contributed by atoms with E-state index in [1.165, 1.54) is 48.4 Å². The molecule has 3 aromatic carbocycles. The van der Waals surface area contributed by atoms with Crippen molar-refractivity contribution in [1.82, 2.24) is 10.2 Å². The van der Waals surface area contributed by atoms with Gasteiger partial charge in [-0.3, -0.25) is 13.9 Å². The van der Waals surface area contributed by atoms with Crippen molar-refractivity contribution in [3.05, 3.63) is 89.7 Å². The van der Waals surface area contributed by atoms with Gasteiger partial charge in [0, 0.05) is 13.1 Å². The summed E-state index contributed by atoms with van der Waals surface area (Å²) in [6.07, 6.45) is 0.709. The molecule has 0 aliphatic rings. The highest BCUT2D eigenvalue weighted by molar-refractivity contribution is 7.92. The van der Waals surface area contributed by atoms with E-state index in [0.717, 1.165) is 9.87 Å². The van der Waals surface area contributed by atoms with E-state index >= 15 is 0 Å². The number of nitrogens with zero attached hydrogens (tertiary/aromatic N) is 2. The summed E-state index contributed by atoms with van der Waals surface area (Å²) in [5.74, 6) is -1.15. The van der Waals surface area contributed by atoms with Gasteiger partial charge in [-0.05, 0) is 67.8 Å². The van der Waals surface area contributed by atoms with Gasteiger partial charge in [-0.15, -0.1) is 0 Å². The summed E-state index contributed by atoms with van der Waals surface area (Å²) in [6.45, 7) is 5.10. The first-order chi connectivity index (χ1) is 18.6. The van der Waals surface area contributed by atoms with Gasteiger partial charge < -0.3 is 15.0 Å². The van der Waals surface area contributed by atoms with E-state index in [-0.39, 0.29) is 28.8 Å². The number of sulfonamides is 1. The summed E-state index contributed by atoms with van der Waals surface area (Å²) in [6, 6.07) is 17.5. The standard InChI is InChI=1S/C29H34FN3O5S/c1-5-17-31-29(35)22(3)32(19-23-12-14-24(30)15-13-23)28(34)20-33(26-18-21(2)11-16-27(26)38-4)39(36,37)25-9-7-6-8-10-25/h6-16,18,22H,5,17,19-20H2,1-4H3,(H,31,35)/t22-/m0/s1. The fourth-order valence-electron chi connectivity index (χ4n) is 3.99. The van der Waals surface area contributed by atoms with Crippen LogP contribution in [0.15, 0.2) is 77.7 Å². The number of hydrogen-bond donors (Lipinski definition) is 1. The Hall–Kier alpha value is -3.92. The number of nitrogens with one attached hydrogen (secondary N) is 1. The molecule has 0 aliphatic heterocycles. The van der Waals surface area contributed by atoms with Crippen LogP contribution in [-0.4, -0.2) is 51.4 Å². The Labute approximate surface area is 229 Å². The number of methoxy groups -OCH3 is 1. The maximum absolute atomic E-state index is 13.9. The Morgan fingerprint density at radius 1 is 1.03 bits per heavy atom. The van der Waals surface area contributed by atoms with E-state index in [1.807, 2.05) is 6.92 Å². The number of halogens is 1. The van der Waals surface area contributed by atoms with Gasteiger partial charge in [0.05, 0.1) is 17.7 Å². The average molecular weight is 556 g/mol. The second kappa shape index (κ2) is 13.2. The van der Waals surface area contributed by atoms with Crippen LogP contribution in [0.25, 0.3) is 0 Å². The number of hydrogen-bond acceptors (Lipinski definition) is 5. The van der Waals surface area contributed by atoms with Crippen LogP contribution < -0.4 is 14.4 Å². The molecule has 0 fully saturated rings. The van der Waals surface area contributed by atoms with Crippen LogP contribution in [0, 0.1) is 12.7 Å². The average Bonchev–Trinajstić information content (AvgIpc) is 2.94. The Kier molecular flexibility index (Phi) is 10.1. The zero-order valence-corrected chi connectivity index (χ0v) is 23.4.